The summed E-state index contributed by atoms with van der Waals surface area (Å²) in [5.41, 5.74) is 4.80. The van der Waals surface area contributed by atoms with Gasteiger partial charge in [0.1, 0.15) is 11.4 Å². The van der Waals surface area contributed by atoms with Crippen molar-refractivity contribution in [3.8, 4) is 0 Å². The fraction of sp³-hybridized carbons (Fsp3) is 0.529. The lowest BCUT2D eigenvalue weighted by atomic mass is 9.89. The number of alkyl carbamates (subject to hydrolysis) is 1. The summed E-state index contributed by atoms with van der Waals surface area (Å²) in [6, 6.07) is 4.37. The molecule has 3 rings (SSSR count). The Hall–Kier alpha value is -1.80. The van der Waals surface area contributed by atoms with Gasteiger partial charge in [-0.15, -0.1) is 0 Å². The maximum absolute atomic E-state index is 14.5. The van der Waals surface area contributed by atoms with E-state index in [1.54, 1.807) is 26.8 Å². The Morgan fingerprint density at radius 2 is 2.28 bits per heavy atom. The Morgan fingerprint density at radius 1 is 1.52 bits per heavy atom. The van der Waals surface area contributed by atoms with E-state index in [0.717, 1.165) is 6.42 Å². The molecule has 3 N–H and O–H groups in total. The van der Waals surface area contributed by atoms with E-state index in [1.807, 2.05) is 0 Å². The Bertz CT molecular complexity index is 720. The molecule has 0 aromatic heterocycles. The summed E-state index contributed by atoms with van der Waals surface area (Å²) in [5.74, 6) is 0.245. The fourth-order valence-electron chi connectivity index (χ4n) is 2.98. The number of nitrogens with one attached hydrogen (secondary N) is 1. The summed E-state index contributed by atoms with van der Waals surface area (Å²) >= 11 is 1.40. The zero-order valence-corrected chi connectivity index (χ0v) is 15.3. The molecule has 1 aromatic rings. The number of hydrogen-bond donors (Lipinski definition) is 2. The lowest BCUT2D eigenvalue weighted by Crippen LogP contribution is -2.42. The van der Waals surface area contributed by atoms with Gasteiger partial charge in [0.2, 0.25) is 0 Å². The number of benzene rings is 1. The number of thioether (sulfide) groups is 1. The molecule has 2 aliphatic heterocycles. The summed E-state index contributed by atoms with van der Waals surface area (Å²) in [4.78, 5) is 16.6. The van der Waals surface area contributed by atoms with Crippen LogP contribution in [0.2, 0.25) is 0 Å². The number of hydrogen-bond acceptors (Lipinski definition) is 6. The van der Waals surface area contributed by atoms with Crippen LogP contribution in [0.3, 0.4) is 0 Å². The number of carbonyl (C=O) groups is 1. The van der Waals surface area contributed by atoms with Gasteiger partial charge in [0.05, 0.1) is 6.61 Å². The molecule has 0 saturated carbocycles. The number of amidine groups is 1. The number of nitrogens with zero attached hydrogens (tertiary/aromatic N) is 1. The monoisotopic (exact) mass is 367 g/mol. The number of ether oxygens (including phenoxy) is 2. The second-order valence-corrected chi connectivity index (χ2v) is 8.13. The third-order valence-corrected chi connectivity index (χ3v) is 5.05. The number of nitrogen functional groups attached to an aromatic ring is 1. The van der Waals surface area contributed by atoms with Crippen LogP contribution in [0.25, 0.3) is 0 Å². The molecule has 2 heterocycles. The average Bonchev–Trinajstić information content (AvgIpc) is 2.91. The van der Waals surface area contributed by atoms with Gasteiger partial charge in [-0.05, 0) is 45.4 Å². The topological polar surface area (TPSA) is 85.9 Å². The Labute approximate surface area is 150 Å². The van der Waals surface area contributed by atoms with E-state index in [2.05, 4.69) is 10.3 Å². The summed E-state index contributed by atoms with van der Waals surface area (Å²) in [7, 11) is 0. The molecule has 0 aliphatic carbocycles. The van der Waals surface area contributed by atoms with Gasteiger partial charge < -0.3 is 15.2 Å². The van der Waals surface area contributed by atoms with Crippen molar-refractivity contribution in [1.29, 1.82) is 0 Å². The van der Waals surface area contributed by atoms with E-state index in [-0.39, 0.29) is 5.92 Å². The zero-order valence-electron chi connectivity index (χ0n) is 14.5. The quantitative estimate of drug-likeness (QED) is 0.745. The van der Waals surface area contributed by atoms with Gasteiger partial charge in [-0.1, -0.05) is 11.8 Å². The van der Waals surface area contributed by atoms with Crippen molar-refractivity contribution in [3.63, 3.8) is 0 Å². The minimum atomic E-state index is -1.16. The van der Waals surface area contributed by atoms with E-state index in [1.165, 1.54) is 23.9 Å². The van der Waals surface area contributed by atoms with E-state index in [0.29, 0.717) is 28.8 Å². The van der Waals surface area contributed by atoms with Crippen molar-refractivity contribution in [1.82, 2.24) is 5.32 Å². The Morgan fingerprint density at radius 3 is 3.00 bits per heavy atom. The summed E-state index contributed by atoms with van der Waals surface area (Å²) in [6.45, 7) is 5.81. The summed E-state index contributed by atoms with van der Waals surface area (Å²) in [6.07, 6.45) is 0.170. The third-order valence-electron chi connectivity index (χ3n) is 4.01. The molecule has 25 heavy (non-hydrogen) atoms. The van der Waals surface area contributed by atoms with Crippen LogP contribution < -0.4 is 11.1 Å². The predicted octanol–water partition coefficient (Wildman–Crippen LogP) is 3.22. The van der Waals surface area contributed by atoms with Gasteiger partial charge in [0.15, 0.2) is 10.9 Å². The molecular formula is C17H22FN3O3S. The highest BCUT2D eigenvalue weighted by Crippen LogP contribution is 2.48. The fourth-order valence-corrected chi connectivity index (χ4v) is 4.09. The summed E-state index contributed by atoms with van der Waals surface area (Å²) in [5, 5.41) is 2.99. The van der Waals surface area contributed by atoms with Gasteiger partial charge in [-0.3, -0.25) is 5.32 Å². The van der Waals surface area contributed by atoms with E-state index in [9.17, 15) is 9.18 Å². The maximum atomic E-state index is 14.5. The number of nitrogens with two attached hydrogens (primary N) is 1. The molecule has 8 heteroatoms. The molecule has 1 amide bonds. The average molecular weight is 367 g/mol. The van der Waals surface area contributed by atoms with Crippen molar-refractivity contribution in [2.45, 2.75) is 38.5 Å². The molecule has 0 bridgehead atoms. The van der Waals surface area contributed by atoms with Gasteiger partial charge >= 0.3 is 6.09 Å². The minimum Gasteiger partial charge on any atom is -0.444 e. The van der Waals surface area contributed by atoms with Gasteiger partial charge in [-0.2, -0.15) is 0 Å². The molecule has 2 aliphatic rings. The van der Waals surface area contributed by atoms with Gasteiger partial charge in [-0.25, -0.2) is 14.2 Å². The molecule has 136 valence electrons. The van der Waals surface area contributed by atoms with E-state index in [4.69, 9.17) is 15.2 Å². The first-order valence-electron chi connectivity index (χ1n) is 8.12. The molecular weight excluding hydrogens is 345 g/mol. The van der Waals surface area contributed by atoms with Crippen LogP contribution in [0.5, 0.6) is 0 Å². The SMILES string of the molecule is CC(C)(C)OC(=O)NC1=N[C@]2(c3cc(N)ccc3F)OCC[C@@H]2CS1. The minimum absolute atomic E-state index is 0.0120. The van der Waals surface area contributed by atoms with Crippen LogP contribution in [0, 0.1) is 11.7 Å². The number of aliphatic imine (C=N–C) groups is 1. The van der Waals surface area contributed by atoms with Crippen LogP contribution in [-0.2, 0) is 15.2 Å². The van der Waals surface area contributed by atoms with Crippen molar-refractivity contribution in [2.75, 3.05) is 18.1 Å². The number of carbonyl (C=O) groups excluding carboxylic acids is 1. The first kappa shape index (κ1) is 18.0. The molecule has 0 spiro atoms. The first-order chi connectivity index (χ1) is 11.7. The van der Waals surface area contributed by atoms with Crippen LogP contribution in [0.1, 0.15) is 32.8 Å². The van der Waals surface area contributed by atoms with Crippen molar-refractivity contribution in [2.24, 2.45) is 10.9 Å². The van der Waals surface area contributed by atoms with Gasteiger partial charge in [0, 0.05) is 22.9 Å². The largest absolute Gasteiger partial charge is 0.444 e. The number of fused-ring (bicyclic) bond motifs is 1. The van der Waals surface area contributed by atoms with Gasteiger partial charge in [0.25, 0.3) is 0 Å². The lowest BCUT2D eigenvalue weighted by molar-refractivity contribution is -0.0173. The molecule has 6 nitrogen and oxygen atoms in total. The number of halogens is 1. The Kier molecular flexibility index (Phi) is 4.68. The second-order valence-electron chi connectivity index (χ2n) is 7.12. The number of anilines is 1. The first-order valence-corrected chi connectivity index (χ1v) is 9.10. The molecule has 1 saturated heterocycles. The molecule has 1 fully saturated rings. The number of amides is 1. The molecule has 2 atom stereocenters. The lowest BCUT2D eigenvalue weighted by Gasteiger charge is -2.35. The number of rotatable bonds is 1. The second kappa shape index (κ2) is 6.49. The van der Waals surface area contributed by atoms with Crippen molar-refractivity contribution in [3.05, 3.63) is 29.6 Å². The van der Waals surface area contributed by atoms with E-state index < -0.39 is 23.2 Å². The predicted molar refractivity (Wildman–Crippen MR) is 95.8 cm³/mol. The maximum Gasteiger partial charge on any atom is 0.413 e. The van der Waals surface area contributed by atoms with E-state index >= 15 is 0 Å². The van der Waals surface area contributed by atoms with Crippen molar-refractivity contribution >= 4 is 28.7 Å². The highest BCUT2D eigenvalue weighted by molar-refractivity contribution is 8.13. The highest BCUT2D eigenvalue weighted by Gasteiger charge is 2.50. The van der Waals surface area contributed by atoms with Crippen LogP contribution >= 0.6 is 11.8 Å². The van der Waals surface area contributed by atoms with Crippen molar-refractivity contribution < 1.29 is 18.7 Å². The standard InChI is InChI=1S/C17H22FN3O3S/c1-16(2,3)24-15(22)20-14-21-17(10(9-25-14)6-7-23-17)12-8-11(19)4-5-13(12)18/h4-5,8,10H,6-7,9,19H2,1-3H3,(H,20,21,22)/t10-,17+/m1/s1. The molecule has 1 aromatic carbocycles. The molecule has 0 radical (unpaired) electrons. The zero-order chi connectivity index (χ0) is 18.2. The third kappa shape index (κ3) is 3.74. The smallest absolute Gasteiger partial charge is 0.413 e. The normalized spacial score (nSPS) is 25.9. The summed E-state index contributed by atoms with van der Waals surface area (Å²) < 4.78 is 25.6. The Balaban J connectivity index is 1.93. The van der Waals surface area contributed by atoms with Crippen LogP contribution in [0.4, 0.5) is 14.9 Å². The highest BCUT2D eigenvalue weighted by atomic mass is 32.2. The van der Waals surface area contributed by atoms with Crippen LogP contribution in [0.15, 0.2) is 23.2 Å². The van der Waals surface area contributed by atoms with Crippen LogP contribution in [-0.4, -0.2) is 29.2 Å². The molecule has 0 unspecified atom stereocenters.